The predicted molar refractivity (Wildman–Crippen MR) is 141 cm³/mol. The van der Waals surface area contributed by atoms with Gasteiger partial charge in [-0.2, -0.15) is 0 Å². The van der Waals surface area contributed by atoms with E-state index in [9.17, 15) is 4.79 Å². The topological polar surface area (TPSA) is 94.7 Å². The summed E-state index contributed by atoms with van der Waals surface area (Å²) in [7, 11) is -0.608. The number of fused-ring (bicyclic) bond motifs is 1. The summed E-state index contributed by atoms with van der Waals surface area (Å²) >= 11 is 6.34. The maximum Gasteiger partial charge on any atom is 0.497 e. The minimum absolute atomic E-state index is 0.0620. The van der Waals surface area contributed by atoms with E-state index < -0.39 is 18.8 Å². The van der Waals surface area contributed by atoms with Crippen molar-refractivity contribution in [3.63, 3.8) is 0 Å². The maximum absolute atomic E-state index is 12.6. The second kappa shape index (κ2) is 10.7. The molecule has 1 aliphatic rings. The van der Waals surface area contributed by atoms with Gasteiger partial charge in [-0.1, -0.05) is 43.6 Å². The van der Waals surface area contributed by atoms with Crippen molar-refractivity contribution in [1.82, 2.24) is 15.3 Å². The number of amides is 1. The van der Waals surface area contributed by atoms with Crippen molar-refractivity contribution in [2.75, 3.05) is 19.8 Å². The minimum Gasteiger partial charge on any atom is -0.490 e. The lowest BCUT2D eigenvalue weighted by Gasteiger charge is -2.33. The summed E-state index contributed by atoms with van der Waals surface area (Å²) in [6, 6.07) is 9.45. The summed E-state index contributed by atoms with van der Waals surface area (Å²) in [5.41, 5.74) is 2.04. The number of hydrogen-bond acceptors (Lipinski definition) is 6. The molecule has 4 rings (SSSR count). The van der Waals surface area contributed by atoms with Gasteiger partial charge < -0.3 is 29.1 Å². The van der Waals surface area contributed by atoms with Gasteiger partial charge in [0.05, 0.1) is 12.2 Å². The third kappa shape index (κ3) is 6.93. The molecule has 1 fully saturated rings. The molecule has 0 unspecified atom stereocenters. The van der Waals surface area contributed by atoms with Crippen LogP contribution in [0.4, 0.5) is 4.79 Å². The van der Waals surface area contributed by atoms with E-state index in [1.54, 1.807) is 12.3 Å². The van der Waals surface area contributed by atoms with Gasteiger partial charge in [0.25, 0.3) is 0 Å². The number of halogens is 1. The highest BCUT2D eigenvalue weighted by Gasteiger charge is 2.35. The van der Waals surface area contributed by atoms with Gasteiger partial charge in [-0.05, 0) is 44.9 Å². The van der Waals surface area contributed by atoms with Gasteiger partial charge in [0.15, 0.2) is 0 Å². The van der Waals surface area contributed by atoms with Gasteiger partial charge in [-0.25, -0.2) is 9.78 Å². The highest BCUT2D eigenvalue weighted by Crippen LogP contribution is 2.24. The zero-order valence-corrected chi connectivity index (χ0v) is 22.1. The molecule has 1 amide bonds. The van der Waals surface area contributed by atoms with E-state index in [4.69, 9.17) is 30.4 Å². The first kappa shape index (κ1) is 26.3. The molecule has 0 spiro atoms. The molecular weight excluding hydrogens is 481 g/mol. The fourth-order valence-electron chi connectivity index (χ4n) is 3.95. The number of rotatable bonds is 7. The predicted octanol–water partition coefficient (Wildman–Crippen LogP) is 4.50. The lowest BCUT2D eigenvalue weighted by atomic mass is 9.76. The monoisotopic (exact) mass is 513 g/mol. The summed E-state index contributed by atoms with van der Waals surface area (Å²) in [6.07, 6.45) is 3.54. The Kier molecular flexibility index (Phi) is 7.83. The number of hydrogen-bond donors (Lipinski definition) is 2. The van der Waals surface area contributed by atoms with E-state index in [1.807, 2.05) is 51.2 Å². The quantitative estimate of drug-likeness (QED) is 0.357. The van der Waals surface area contributed by atoms with Crippen LogP contribution in [-0.4, -0.2) is 54.6 Å². The SMILES string of the molecule is CC1(C)COB(c2cc(OC[C@H](Cc3c[nH]c4ccccc34)NC(=O)OC(C)(C)C)cnc2Cl)OC1. The number of nitrogens with zero attached hydrogens (tertiary/aromatic N) is 1. The van der Waals surface area contributed by atoms with Crippen LogP contribution in [0.5, 0.6) is 5.75 Å². The Morgan fingerprint density at radius 2 is 2.00 bits per heavy atom. The number of alkyl carbamates (subject to hydrolysis) is 1. The number of pyridine rings is 1. The van der Waals surface area contributed by atoms with Gasteiger partial charge >= 0.3 is 13.2 Å². The van der Waals surface area contributed by atoms with Crippen molar-refractivity contribution in [3.8, 4) is 5.75 Å². The van der Waals surface area contributed by atoms with Crippen LogP contribution < -0.4 is 15.5 Å². The molecule has 36 heavy (non-hydrogen) atoms. The first-order valence-corrected chi connectivity index (χ1v) is 12.4. The Balaban J connectivity index is 1.48. The summed E-state index contributed by atoms with van der Waals surface area (Å²) in [6.45, 7) is 10.9. The van der Waals surface area contributed by atoms with Crippen LogP contribution in [0.1, 0.15) is 40.2 Å². The largest absolute Gasteiger partial charge is 0.497 e. The van der Waals surface area contributed by atoms with Crippen LogP contribution in [0.15, 0.2) is 42.7 Å². The van der Waals surface area contributed by atoms with Crippen molar-refractivity contribution in [2.24, 2.45) is 5.41 Å². The fraction of sp³-hybridized carbons (Fsp3) is 0.462. The number of para-hydroxylation sites is 1. The summed E-state index contributed by atoms with van der Waals surface area (Å²) in [4.78, 5) is 20.1. The van der Waals surface area contributed by atoms with Crippen molar-refractivity contribution in [2.45, 2.75) is 52.7 Å². The molecule has 0 aliphatic carbocycles. The molecule has 3 heterocycles. The Labute approximate surface area is 217 Å². The molecule has 2 N–H and O–H groups in total. The summed E-state index contributed by atoms with van der Waals surface area (Å²) < 4.78 is 23.3. The molecule has 1 atom stereocenters. The van der Waals surface area contributed by atoms with Gasteiger partial charge in [-0.15, -0.1) is 0 Å². The molecule has 0 saturated carbocycles. The molecule has 0 bridgehead atoms. The molecule has 1 aliphatic heterocycles. The van der Waals surface area contributed by atoms with Crippen molar-refractivity contribution in [3.05, 3.63) is 53.4 Å². The first-order valence-electron chi connectivity index (χ1n) is 12.0. The third-order valence-corrected chi connectivity index (χ3v) is 5.98. The molecule has 8 nitrogen and oxygen atoms in total. The molecule has 3 aromatic rings. The van der Waals surface area contributed by atoms with Gasteiger partial charge in [0.1, 0.15) is 23.1 Å². The van der Waals surface area contributed by atoms with Gasteiger partial charge in [-0.3, -0.25) is 0 Å². The van der Waals surface area contributed by atoms with E-state index in [2.05, 4.69) is 29.1 Å². The highest BCUT2D eigenvalue weighted by molar-refractivity contribution is 6.64. The zero-order valence-electron chi connectivity index (χ0n) is 21.4. The third-order valence-electron chi connectivity index (χ3n) is 5.66. The van der Waals surface area contributed by atoms with Crippen LogP contribution in [-0.2, 0) is 20.5 Å². The maximum atomic E-state index is 12.6. The average Bonchev–Trinajstić information content (AvgIpc) is 3.20. The lowest BCUT2D eigenvalue weighted by molar-refractivity contribution is 0.0343. The number of ether oxygens (including phenoxy) is 2. The molecule has 0 radical (unpaired) electrons. The number of aromatic nitrogens is 2. The Hall–Kier alpha value is -2.75. The fourth-order valence-corrected chi connectivity index (χ4v) is 4.14. The van der Waals surface area contributed by atoms with Crippen molar-refractivity contribution >= 4 is 41.2 Å². The Morgan fingerprint density at radius 1 is 1.28 bits per heavy atom. The zero-order chi connectivity index (χ0) is 25.9. The molecule has 1 aromatic carbocycles. The van der Waals surface area contributed by atoms with Crippen LogP contribution in [0, 0.1) is 5.41 Å². The molecule has 10 heteroatoms. The summed E-state index contributed by atoms with van der Waals surface area (Å²) in [5.74, 6) is 0.501. The number of aromatic amines is 1. The van der Waals surface area contributed by atoms with Crippen LogP contribution in [0.25, 0.3) is 10.9 Å². The second-order valence-corrected chi connectivity index (χ2v) is 11.2. The number of benzene rings is 1. The summed E-state index contributed by atoms with van der Waals surface area (Å²) in [5, 5.41) is 4.35. The molecule has 192 valence electrons. The second-order valence-electron chi connectivity index (χ2n) is 10.9. The van der Waals surface area contributed by atoms with E-state index in [0.29, 0.717) is 36.0 Å². The Bertz CT molecular complexity index is 1200. The van der Waals surface area contributed by atoms with Crippen LogP contribution >= 0.6 is 11.6 Å². The van der Waals surface area contributed by atoms with Gasteiger partial charge in [0.2, 0.25) is 0 Å². The van der Waals surface area contributed by atoms with Crippen molar-refractivity contribution in [1.29, 1.82) is 0 Å². The van der Waals surface area contributed by atoms with E-state index in [-0.39, 0.29) is 18.1 Å². The molecule has 1 saturated heterocycles. The standard InChI is InChI=1S/C26H33BClN3O5/c1-25(2,3)36-24(32)31-18(10-17-12-29-22-9-7-6-8-20(17)22)14-33-19-11-21(23(28)30-13-19)27-34-15-26(4,5)16-35-27/h6-9,11-13,18,29H,10,14-16H2,1-5H3,(H,31,32)/t18-/m0/s1. The molecule has 2 aromatic heterocycles. The first-order chi connectivity index (χ1) is 17.0. The lowest BCUT2D eigenvalue weighted by Crippen LogP contribution is -2.48. The van der Waals surface area contributed by atoms with Gasteiger partial charge in [0, 0.05) is 41.2 Å². The Morgan fingerprint density at radius 3 is 2.72 bits per heavy atom. The van der Waals surface area contributed by atoms with Crippen LogP contribution in [0.2, 0.25) is 5.15 Å². The van der Waals surface area contributed by atoms with E-state index in [1.165, 1.54) is 0 Å². The minimum atomic E-state index is -0.611. The van der Waals surface area contributed by atoms with E-state index >= 15 is 0 Å². The van der Waals surface area contributed by atoms with Crippen molar-refractivity contribution < 1.29 is 23.6 Å². The number of nitrogens with one attached hydrogen (secondary N) is 2. The number of carbonyl (C=O) groups is 1. The normalized spacial score (nSPS) is 16.6. The average molecular weight is 514 g/mol. The van der Waals surface area contributed by atoms with Crippen LogP contribution in [0.3, 0.4) is 0 Å². The number of carbonyl (C=O) groups excluding carboxylic acids is 1. The molecular formula is C26H33BClN3O5. The number of H-pyrrole nitrogens is 1. The highest BCUT2D eigenvalue weighted by atomic mass is 35.5. The smallest absolute Gasteiger partial charge is 0.490 e. The van der Waals surface area contributed by atoms with E-state index in [0.717, 1.165) is 16.5 Å².